The van der Waals surface area contributed by atoms with Crippen LogP contribution in [0.5, 0.6) is 0 Å². The molecule has 1 heterocycles. The Morgan fingerprint density at radius 2 is 1.94 bits per heavy atom. The Bertz CT molecular complexity index is 1010. The molecular weight excluding hydrogens is 394 g/mol. The summed E-state index contributed by atoms with van der Waals surface area (Å²) in [6.45, 7) is 4.61. The molecule has 1 aromatic heterocycles. The van der Waals surface area contributed by atoms with E-state index in [0.29, 0.717) is 25.7 Å². The Morgan fingerprint density at radius 3 is 2.68 bits per heavy atom. The predicted molar refractivity (Wildman–Crippen MR) is 120 cm³/mol. The molecule has 1 atom stereocenters. The van der Waals surface area contributed by atoms with Gasteiger partial charge in [0.2, 0.25) is 0 Å². The number of carboxylic acids is 1. The fourth-order valence-electron chi connectivity index (χ4n) is 3.53. The zero-order valence-electron chi connectivity index (χ0n) is 18.0. The summed E-state index contributed by atoms with van der Waals surface area (Å²) in [6.07, 6.45) is 4.53. The zero-order valence-corrected chi connectivity index (χ0v) is 18.0. The van der Waals surface area contributed by atoms with Gasteiger partial charge in [-0.05, 0) is 54.5 Å². The monoisotopic (exact) mass is 423 g/mol. The Balaban J connectivity index is 1.65. The van der Waals surface area contributed by atoms with E-state index < -0.39 is 5.97 Å². The fraction of sp³-hybridized carbons (Fsp3) is 0.375. The SMILES string of the molecule is COCCC(CCOCc1ccccc1)Cn1nnc2c(C)c(C=CC(=O)O)ccc21. The number of ether oxygens (including phenoxy) is 2. The lowest BCUT2D eigenvalue weighted by Gasteiger charge is -2.17. The van der Waals surface area contributed by atoms with E-state index in [-0.39, 0.29) is 0 Å². The normalized spacial score (nSPS) is 12.6. The molecule has 1 N–H and O–H groups in total. The molecule has 0 aliphatic heterocycles. The van der Waals surface area contributed by atoms with Crippen LogP contribution < -0.4 is 0 Å². The molecule has 31 heavy (non-hydrogen) atoms. The molecule has 0 fully saturated rings. The van der Waals surface area contributed by atoms with Crippen LogP contribution in [0.4, 0.5) is 0 Å². The molecule has 0 saturated heterocycles. The molecule has 0 aliphatic carbocycles. The molecule has 7 nitrogen and oxygen atoms in total. The van der Waals surface area contributed by atoms with Gasteiger partial charge in [-0.2, -0.15) is 0 Å². The number of fused-ring (bicyclic) bond motifs is 1. The average molecular weight is 424 g/mol. The number of methoxy groups -OCH3 is 1. The third-order valence-corrected chi connectivity index (χ3v) is 5.33. The Labute approximate surface area is 182 Å². The van der Waals surface area contributed by atoms with Crippen LogP contribution >= 0.6 is 0 Å². The molecule has 0 spiro atoms. The Hall–Kier alpha value is -3.03. The van der Waals surface area contributed by atoms with Gasteiger partial charge in [-0.1, -0.05) is 41.6 Å². The van der Waals surface area contributed by atoms with E-state index in [1.165, 1.54) is 5.56 Å². The van der Waals surface area contributed by atoms with Crippen molar-refractivity contribution in [2.24, 2.45) is 5.92 Å². The van der Waals surface area contributed by atoms with Crippen molar-refractivity contribution in [3.63, 3.8) is 0 Å². The van der Waals surface area contributed by atoms with Gasteiger partial charge in [-0.25, -0.2) is 9.48 Å². The van der Waals surface area contributed by atoms with Crippen molar-refractivity contribution >= 4 is 23.1 Å². The van der Waals surface area contributed by atoms with Gasteiger partial charge in [-0.3, -0.25) is 0 Å². The quantitative estimate of drug-likeness (QED) is 0.349. The highest BCUT2D eigenvalue weighted by atomic mass is 16.5. The van der Waals surface area contributed by atoms with Crippen molar-refractivity contribution < 1.29 is 19.4 Å². The summed E-state index contributed by atoms with van der Waals surface area (Å²) < 4.78 is 13.1. The first-order valence-electron chi connectivity index (χ1n) is 10.4. The lowest BCUT2D eigenvalue weighted by atomic mass is 10.0. The number of carboxylic acid groups (broad SMARTS) is 1. The third-order valence-electron chi connectivity index (χ3n) is 5.33. The molecule has 2 aromatic carbocycles. The molecule has 0 bridgehead atoms. The maximum atomic E-state index is 10.8. The summed E-state index contributed by atoms with van der Waals surface area (Å²) in [5.41, 5.74) is 4.64. The highest BCUT2D eigenvalue weighted by molar-refractivity contribution is 5.88. The smallest absolute Gasteiger partial charge is 0.328 e. The van der Waals surface area contributed by atoms with Crippen LogP contribution in [-0.4, -0.2) is 46.4 Å². The van der Waals surface area contributed by atoms with Crippen LogP contribution in [0.1, 0.15) is 29.5 Å². The van der Waals surface area contributed by atoms with Gasteiger partial charge in [0, 0.05) is 32.9 Å². The first kappa shape index (κ1) is 22.7. The number of aryl methyl sites for hydroxylation is 1. The molecule has 164 valence electrons. The summed E-state index contributed by atoms with van der Waals surface area (Å²) in [7, 11) is 1.71. The molecule has 0 radical (unpaired) electrons. The Kier molecular flexibility index (Phi) is 8.32. The van der Waals surface area contributed by atoms with E-state index in [1.54, 1.807) is 13.2 Å². The topological polar surface area (TPSA) is 86.5 Å². The summed E-state index contributed by atoms with van der Waals surface area (Å²) in [4.78, 5) is 10.8. The zero-order chi connectivity index (χ0) is 22.1. The number of hydrogen-bond donors (Lipinski definition) is 1. The van der Waals surface area contributed by atoms with E-state index in [2.05, 4.69) is 22.4 Å². The van der Waals surface area contributed by atoms with Gasteiger partial charge < -0.3 is 14.6 Å². The molecule has 3 rings (SSSR count). The van der Waals surface area contributed by atoms with Crippen LogP contribution in [0.3, 0.4) is 0 Å². The molecule has 7 heteroatoms. The molecular formula is C24H29N3O4. The molecule has 1 unspecified atom stereocenters. The van der Waals surface area contributed by atoms with E-state index in [4.69, 9.17) is 14.6 Å². The van der Waals surface area contributed by atoms with Gasteiger partial charge in [0.1, 0.15) is 5.52 Å². The first-order valence-corrected chi connectivity index (χ1v) is 10.4. The lowest BCUT2D eigenvalue weighted by molar-refractivity contribution is -0.131. The molecule has 0 aliphatic rings. The summed E-state index contributed by atoms with van der Waals surface area (Å²) >= 11 is 0. The minimum absolute atomic E-state index is 0.340. The van der Waals surface area contributed by atoms with Crippen molar-refractivity contribution in [1.82, 2.24) is 15.0 Å². The summed E-state index contributed by atoms with van der Waals surface area (Å²) in [5, 5.41) is 17.6. The largest absolute Gasteiger partial charge is 0.478 e. The van der Waals surface area contributed by atoms with E-state index in [0.717, 1.165) is 47.6 Å². The second-order valence-corrected chi connectivity index (χ2v) is 7.57. The van der Waals surface area contributed by atoms with Crippen molar-refractivity contribution in [2.45, 2.75) is 32.9 Å². The number of aliphatic carboxylic acids is 1. The summed E-state index contributed by atoms with van der Waals surface area (Å²) in [5.74, 6) is -0.633. The van der Waals surface area contributed by atoms with Crippen LogP contribution in [0.2, 0.25) is 0 Å². The minimum Gasteiger partial charge on any atom is -0.478 e. The van der Waals surface area contributed by atoms with E-state index in [9.17, 15) is 4.79 Å². The standard InChI is InChI=1S/C24H29N3O4/c1-18-21(9-11-23(28)29)8-10-22-24(18)25-26-27(22)16-19(12-14-30-2)13-15-31-17-20-6-4-3-5-7-20/h3-11,19H,12-17H2,1-2H3,(H,28,29). The lowest BCUT2D eigenvalue weighted by Crippen LogP contribution is -2.16. The number of aromatic nitrogens is 3. The van der Waals surface area contributed by atoms with Crippen LogP contribution in [0.25, 0.3) is 17.1 Å². The highest BCUT2D eigenvalue weighted by Crippen LogP contribution is 2.23. The summed E-state index contributed by atoms with van der Waals surface area (Å²) in [6, 6.07) is 14.0. The molecule has 0 amide bonds. The van der Waals surface area contributed by atoms with Crippen molar-refractivity contribution in [1.29, 1.82) is 0 Å². The predicted octanol–water partition coefficient (Wildman–Crippen LogP) is 4.10. The van der Waals surface area contributed by atoms with Gasteiger partial charge in [-0.15, -0.1) is 5.10 Å². The van der Waals surface area contributed by atoms with Crippen molar-refractivity contribution in [3.8, 4) is 0 Å². The third kappa shape index (κ3) is 6.47. The van der Waals surface area contributed by atoms with Crippen molar-refractivity contribution in [2.75, 3.05) is 20.3 Å². The molecule has 0 saturated carbocycles. The average Bonchev–Trinajstić information content (AvgIpc) is 3.18. The second-order valence-electron chi connectivity index (χ2n) is 7.57. The maximum absolute atomic E-state index is 10.8. The van der Waals surface area contributed by atoms with E-state index in [1.807, 2.05) is 41.9 Å². The fourth-order valence-corrected chi connectivity index (χ4v) is 3.53. The molecule has 3 aromatic rings. The van der Waals surface area contributed by atoms with Crippen LogP contribution in [-0.2, 0) is 27.4 Å². The van der Waals surface area contributed by atoms with Gasteiger partial charge in [0.05, 0.1) is 12.1 Å². The van der Waals surface area contributed by atoms with Gasteiger partial charge in [0.25, 0.3) is 0 Å². The number of hydrogen-bond acceptors (Lipinski definition) is 5. The number of benzene rings is 2. The number of nitrogens with zero attached hydrogens (tertiary/aromatic N) is 3. The number of carbonyl (C=O) groups is 1. The number of rotatable bonds is 12. The van der Waals surface area contributed by atoms with Crippen LogP contribution in [0, 0.1) is 12.8 Å². The van der Waals surface area contributed by atoms with Gasteiger partial charge in [0.15, 0.2) is 0 Å². The van der Waals surface area contributed by atoms with Crippen LogP contribution in [0.15, 0.2) is 48.5 Å². The van der Waals surface area contributed by atoms with Gasteiger partial charge >= 0.3 is 5.97 Å². The Morgan fingerprint density at radius 1 is 1.16 bits per heavy atom. The maximum Gasteiger partial charge on any atom is 0.328 e. The highest BCUT2D eigenvalue weighted by Gasteiger charge is 2.15. The van der Waals surface area contributed by atoms with E-state index >= 15 is 0 Å². The minimum atomic E-state index is -0.974. The second kappa shape index (κ2) is 11.4. The first-order chi connectivity index (χ1) is 15.1. The van der Waals surface area contributed by atoms with Crippen molar-refractivity contribution in [3.05, 3.63) is 65.2 Å².